The number of carbonyl (C=O) groups excluding carboxylic acids is 2. The number of aliphatic hydroxyl groups is 1. The third-order valence-electron chi connectivity index (χ3n) is 1.50. The summed E-state index contributed by atoms with van der Waals surface area (Å²) < 4.78 is 4.70. The van der Waals surface area contributed by atoms with Crippen molar-refractivity contribution in [2.24, 2.45) is 0 Å². The number of aliphatic hydroxyl groups excluding tert-OH is 1. The van der Waals surface area contributed by atoms with Crippen molar-refractivity contribution in [2.75, 3.05) is 6.61 Å². The normalized spacial score (nSPS) is 12.2. The third kappa shape index (κ3) is 6.28. The number of ketones is 1. The molecule has 0 aliphatic heterocycles. The van der Waals surface area contributed by atoms with Gasteiger partial charge in [0, 0.05) is 6.42 Å². The summed E-state index contributed by atoms with van der Waals surface area (Å²) >= 11 is 0. The zero-order valence-corrected chi connectivity index (χ0v) is 8.08. The van der Waals surface area contributed by atoms with Crippen LogP contribution < -0.4 is 0 Å². The van der Waals surface area contributed by atoms with Crippen molar-refractivity contribution in [3.63, 3.8) is 0 Å². The minimum atomic E-state index is -1.30. The summed E-state index contributed by atoms with van der Waals surface area (Å²) in [5.74, 6) is -0.927. The van der Waals surface area contributed by atoms with Crippen molar-refractivity contribution in [1.82, 2.24) is 0 Å². The zero-order chi connectivity index (χ0) is 10.3. The van der Waals surface area contributed by atoms with E-state index < -0.39 is 12.1 Å². The fraction of sp³-hybridized carbons (Fsp3) is 0.778. The van der Waals surface area contributed by atoms with Gasteiger partial charge < -0.3 is 9.84 Å². The number of rotatable bonds is 6. The first-order chi connectivity index (χ1) is 6.07. The zero-order valence-electron chi connectivity index (χ0n) is 8.08. The first kappa shape index (κ1) is 12.1. The van der Waals surface area contributed by atoms with Crippen LogP contribution in [0.1, 0.15) is 33.1 Å². The highest BCUT2D eigenvalue weighted by Gasteiger charge is 2.17. The number of hydrogen-bond acceptors (Lipinski definition) is 4. The molecule has 13 heavy (non-hydrogen) atoms. The summed E-state index contributed by atoms with van der Waals surface area (Å²) in [7, 11) is 0. The Balaban J connectivity index is 3.63. The lowest BCUT2D eigenvalue weighted by Gasteiger charge is -2.08. The highest BCUT2D eigenvalue weighted by Crippen LogP contribution is 1.97. The van der Waals surface area contributed by atoms with Gasteiger partial charge in [-0.2, -0.15) is 0 Å². The highest BCUT2D eigenvalue weighted by atomic mass is 16.5. The standard InChI is InChI=1S/C9H16O4/c1-3-4-5-13-9(12)8(11)6-7(2)10/h8,11H,3-6H2,1-2H3. The molecule has 1 N–H and O–H groups in total. The molecular weight excluding hydrogens is 172 g/mol. The molecule has 0 amide bonds. The molecule has 0 aliphatic rings. The maximum Gasteiger partial charge on any atom is 0.335 e. The van der Waals surface area contributed by atoms with Crippen LogP contribution in [0, 0.1) is 0 Å². The van der Waals surface area contributed by atoms with Gasteiger partial charge in [0.15, 0.2) is 6.10 Å². The first-order valence-corrected chi connectivity index (χ1v) is 4.42. The van der Waals surface area contributed by atoms with E-state index in [-0.39, 0.29) is 12.2 Å². The predicted octanol–water partition coefficient (Wildman–Crippen LogP) is 0.670. The number of Topliss-reactive ketones (excluding diaryl/α,β-unsaturated/α-hetero) is 1. The maximum atomic E-state index is 10.9. The van der Waals surface area contributed by atoms with Gasteiger partial charge in [-0.3, -0.25) is 4.79 Å². The summed E-state index contributed by atoms with van der Waals surface area (Å²) in [6.07, 6.45) is 0.244. The molecule has 4 nitrogen and oxygen atoms in total. The van der Waals surface area contributed by atoms with Crippen molar-refractivity contribution in [2.45, 2.75) is 39.2 Å². The number of carbonyl (C=O) groups is 2. The van der Waals surface area contributed by atoms with Gasteiger partial charge in [-0.15, -0.1) is 0 Å². The van der Waals surface area contributed by atoms with Crippen LogP contribution in [0.5, 0.6) is 0 Å². The van der Waals surface area contributed by atoms with Crippen LogP contribution in [0.2, 0.25) is 0 Å². The summed E-state index contributed by atoms with van der Waals surface area (Å²) in [6.45, 7) is 3.60. The largest absolute Gasteiger partial charge is 0.464 e. The molecule has 0 spiro atoms. The molecule has 0 aliphatic carbocycles. The summed E-state index contributed by atoms with van der Waals surface area (Å²) in [5, 5.41) is 9.09. The number of unbranched alkanes of at least 4 members (excludes halogenated alkanes) is 1. The van der Waals surface area contributed by atoms with E-state index in [1.165, 1.54) is 6.92 Å². The molecule has 0 aromatic rings. The smallest absolute Gasteiger partial charge is 0.335 e. The van der Waals surface area contributed by atoms with Gasteiger partial charge in [0.1, 0.15) is 5.78 Å². The monoisotopic (exact) mass is 188 g/mol. The average Bonchev–Trinajstić information content (AvgIpc) is 2.03. The quantitative estimate of drug-likeness (QED) is 0.491. The predicted molar refractivity (Wildman–Crippen MR) is 47.2 cm³/mol. The summed E-state index contributed by atoms with van der Waals surface area (Å²) in [5.41, 5.74) is 0. The molecule has 0 saturated carbocycles. The topological polar surface area (TPSA) is 63.6 Å². The van der Waals surface area contributed by atoms with Gasteiger partial charge in [0.2, 0.25) is 0 Å². The molecule has 4 heteroatoms. The Morgan fingerprint density at radius 2 is 2.08 bits per heavy atom. The number of hydrogen-bond donors (Lipinski definition) is 1. The molecule has 0 aromatic heterocycles. The summed E-state index contributed by atoms with van der Waals surface area (Å²) in [4.78, 5) is 21.4. The minimum absolute atomic E-state index is 0.162. The Labute approximate surface area is 77.9 Å². The Hall–Kier alpha value is -0.900. The van der Waals surface area contributed by atoms with E-state index in [4.69, 9.17) is 9.84 Å². The lowest BCUT2D eigenvalue weighted by atomic mass is 10.2. The Kier molecular flexibility index (Phi) is 6.14. The van der Waals surface area contributed by atoms with Crippen LogP contribution in [0.4, 0.5) is 0 Å². The molecule has 0 saturated heterocycles. The molecule has 0 aromatic carbocycles. The van der Waals surface area contributed by atoms with Gasteiger partial charge in [-0.1, -0.05) is 13.3 Å². The molecule has 0 heterocycles. The van der Waals surface area contributed by atoms with Gasteiger partial charge in [0.25, 0.3) is 0 Å². The Morgan fingerprint density at radius 3 is 2.54 bits per heavy atom. The molecule has 0 rings (SSSR count). The van der Waals surface area contributed by atoms with E-state index in [9.17, 15) is 9.59 Å². The second-order valence-corrected chi connectivity index (χ2v) is 2.94. The van der Waals surface area contributed by atoms with E-state index in [1.807, 2.05) is 6.92 Å². The second-order valence-electron chi connectivity index (χ2n) is 2.94. The lowest BCUT2D eigenvalue weighted by molar-refractivity contribution is -0.155. The van der Waals surface area contributed by atoms with Crippen LogP contribution in [0.25, 0.3) is 0 Å². The third-order valence-corrected chi connectivity index (χ3v) is 1.50. The van der Waals surface area contributed by atoms with Gasteiger partial charge >= 0.3 is 5.97 Å². The number of ether oxygens (including phenoxy) is 1. The minimum Gasteiger partial charge on any atom is -0.464 e. The van der Waals surface area contributed by atoms with E-state index in [0.717, 1.165) is 12.8 Å². The molecule has 76 valence electrons. The van der Waals surface area contributed by atoms with Crippen molar-refractivity contribution in [1.29, 1.82) is 0 Å². The molecule has 0 radical (unpaired) electrons. The molecule has 1 unspecified atom stereocenters. The van der Waals surface area contributed by atoms with Gasteiger partial charge in [-0.05, 0) is 13.3 Å². The van der Waals surface area contributed by atoms with Crippen molar-refractivity contribution >= 4 is 11.8 Å². The van der Waals surface area contributed by atoms with Gasteiger partial charge in [-0.25, -0.2) is 4.79 Å². The van der Waals surface area contributed by atoms with E-state index >= 15 is 0 Å². The SMILES string of the molecule is CCCCOC(=O)C(O)CC(C)=O. The van der Waals surface area contributed by atoms with Crippen LogP contribution >= 0.6 is 0 Å². The van der Waals surface area contributed by atoms with Gasteiger partial charge in [0.05, 0.1) is 6.61 Å². The van der Waals surface area contributed by atoms with Crippen LogP contribution in [-0.2, 0) is 14.3 Å². The van der Waals surface area contributed by atoms with Crippen molar-refractivity contribution in [3.8, 4) is 0 Å². The fourth-order valence-electron chi connectivity index (χ4n) is 0.769. The first-order valence-electron chi connectivity index (χ1n) is 4.42. The highest BCUT2D eigenvalue weighted by molar-refractivity contribution is 5.84. The van der Waals surface area contributed by atoms with Crippen LogP contribution in [-0.4, -0.2) is 29.6 Å². The molecule has 1 atom stereocenters. The van der Waals surface area contributed by atoms with E-state index in [1.54, 1.807) is 0 Å². The summed E-state index contributed by atoms with van der Waals surface area (Å²) in [6, 6.07) is 0. The van der Waals surface area contributed by atoms with Crippen LogP contribution in [0.15, 0.2) is 0 Å². The maximum absolute atomic E-state index is 10.9. The molecular formula is C9H16O4. The van der Waals surface area contributed by atoms with Crippen LogP contribution in [0.3, 0.4) is 0 Å². The number of esters is 1. The molecule has 0 fully saturated rings. The van der Waals surface area contributed by atoms with E-state index in [2.05, 4.69) is 0 Å². The van der Waals surface area contributed by atoms with E-state index in [0.29, 0.717) is 6.61 Å². The second kappa shape index (κ2) is 6.60. The fourth-order valence-corrected chi connectivity index (χ4v) is 0.769. The Morgan fingerprint density at radius 1 is 1.46 bits per heavy atom. The van der Waals surface area contributed by atoms with Crippen molar-refractivity contribution < 1.29 is 19.4 Å². The Bertz CT molecular complexity index is 176. The van der Waals surface area contributed by atoms with Crippen molar-refractivity contribution in [3.05, 3.63) is 0 Å². The lowest BCUT2D eigenvalue weighted by Crippen LogP contribution is -2.25. The molecule has 0 bridgehead atoms. The average molecular weight is 188 g/mol.